The Bertz CT molecular complexity index is 722. The van der Waals surface area contributed by atoms with Crippen LogP contribution in [0.2, 0.25) is 0 Å². The number of hydrogen-bond acceptors (Lipinski definition) is 5. The first-order valence-corrected chi connectivity index (χ1v) is 6.94. The molecule has 0 atom stereocenters. The first-order valence-electron chi connectivity index (χ1n) is 6.13. The summed E-state index contributed by atoms with van der Waals surface area (Å²) in [7, 11) is 0. The second kappa shape index (κ2) is 6.32. The highest BCUT2D eigenvalue weighted by Gasteiger charge is 2.03. The van der Waals surface area contributed by atoms with Gasteiger partial charge in [0.1, 0.15) is 17.3 Å². The second-order valence-electron chi connectivity index (χ2n) is 4.05. The Labute approximate surface area is 125 Å². The summed E-state index contributed by atoms with van der Waals surface area (Å²) in [4.78, 5) is 13.3. The molecule has 0 fully saturated rings. The molecule has 0 aliphatic heterocycles. The molecule has 1 aromatic carbocycles. The predicted molar refractivity (Wildman–Crippen MR) is 76.9 cm³/mol. The highest BCUT2D eigenvalue weighted by atomic mass is 32.2. The Balaban J connectivity index is 1.75. The summed E-state index contributed by atoms with van der Waals surface area (Å²) in [5.74, 6) is 0.824. The van der Waals surface area contributed by atoms with Crippen molar-refractivity contribution >= 4 is 11.8 Å². The fourth-order valence-electron chi connectivity index (χ4n) is 1.59. The average molecular weight is 299 g/mol. The minimum atomic E-state index is -0.300. The van der Waals surface area contributed by atoms with Gasteiger partial charge in [-0.25, -0.2) is 14.4 Å². The largest absolute Gasteiger partial charge is 0.456 e. The molecule has 0 N–H and O–H groups in total. The lowest BCUT2D eigenvalue weighted by Gasteiger charge is -2.06. The van der Waals surface area contributed by atoms with Gasteiger partial charge in [0.15, 0.2) is 5.16 Å². The molecule has 3 rings (SSSR count). The van der Waals surface area contributed by atoms with Gasteiger partial charge in [0.05, 0.1) is 6.20 Å². The lowest BCUT2D eigenvalue weighted by Crippen LogP contribution is -1.88. The normalized spacial score (nSPS) is 10.3. The van der Waals surface area contributed by atoms with Crippen molar-refractivity contribution in [3.05, 3.63) is 67.0 Å². The number of benzene rings is 1. The van der Waals surface area contributed by atoms with E-state index in [0.717, 1.165) is 4.90 Å². The highest BCUT2D eigenvalue weighted by molar-refractivity contribution is 7.99. The van der Waals surface area contributed by atoms with Crippen molar-refractivity contribution in [3.8, 4) is 11.5 Å². The quantitative estimate of drug-likeness (QED) is 0.683. The van der Waals surface area contributed by atoms with Crippen molar-refractivity contribution in [2.24, 2.45) is 0 Å². The van der Waals surface area contributed by atoms with E-state index in [-0.39, 0.29) is 5.82 Å². The highest BCUT2D eigenvalue weighted by Crippen LogP contribution is 2.28. The minimum Gasteiger partial charge on any atom is -0.456 e. The standard InChI is InChI=1S/C15H10FN3OS/c16-11-2-4-12(5-3-11)20-13-8-14(10-17-9-13)21-15-18-6-1-7-19-15/h1-10H. The van der Waals surface area contributed by atoms with Gasteiger partial charge in [0.25, 0.3) is 0 Å². The van der Waals surface area contributed by atoms with Gasteiger partial charge in [-0.05, 0) is 48.2 Å². The Morgan fingerprint density at radius 2 is 1.71 bits per heavy atom. The lowest BCUT2D eigenvalue weighted by molar-refractivity contribution is 0.476. The van der Waals surface area contributed by atoms with Crippen molar-refractivity contribution in [3.63, 3.8) is 0 Å². The fourth-order valence-corrected chi connectivity index (χ4v) is 2.32. The summed E-state index contributed by atoms with van der Waals surface area (Å²) in [5.41, 5.74) is 0. The molecule has 0 bridgehead atoms. The van der Waals surface area contributed by atoms with Crippen molar-refractivity contribution in [1.82, 2.24) is 15.0 Å². The Hall–Kier alpha value is -2.47. The minimum absolute atomic E-state index is 0.300. The molecule has 0 unspecified atom stereocenters. The molecule has 0 saturated heterocycles. The number of rotatable bonds is 4. The van der Waals surface area contributed by atoms with Crippen molar-refractivity contribution < 1.29 is 9.13 Å². The molecule has 4 nitrogen and oxygen atoms in total. The number of nitrogens with zero attached hydrogens (tertiary/aromatic N) is 3. The number of halogens is 1. The van der Waals surface area contributed by atoms with Crippen molar-refractivity contribution in [2.45, 2.75) is 10.1 Å². The molecule has 2 heterocycles. The third-order valence-corrected chi connectivity index (χ3v) is 3.34. The molecular formula is C15H10FN3OS. The van der Waals surface area contributed by atoms with Crippen LogP contribution in [0, 0.1) is 5.82 Å². The van der Waals surface area contributed by atoms with E-state index < -0.39 is 0 Å². The number of pyridine rings is 1. The molecule has 0 saturated carbocycles. The first-order chi connectivity index (χ1) is 10.3. The third-order valence-electron chi connectivity index (χ3n) is 2.49. The van der Waals surface area contributed by atoms with Crippen LogP contribution in [0.25, 0.3) is 0 Å². The molecule has 21 heavy (non-hydrogen) atoms. The SMILES string of the molecule is Fc1ccc(Oc2cncc(Sc3ncccn3)c2)cc1. The number of ether oxygens (including phenoxy) is 1. The Kier molecular flexibility index (Phi) is 4.07. The zero-order chi connectivity index (χ0) is 14.5. The van der Waals surface area contributed by atoms with Crippen LogP contribution in [0.3, 0.4) is 0 Å². The molecule has 0 aliphatic rings. The topological polar surface area (TPSA) is 47.9 Å². The lowest BCUT2D eigenvalue weighted by atomic mass is 10.3. The first kappa shape index (κ1) is 13.5. The maximum Gasteiger partial charge on any atom is 0.192 e. The van der Waals surface area contributed by atoms with Crippen LogP contribution in [0.15, 0.2) is 71.2 Å². The summed E-state index contributed by atoms with van der Waals surface area (Å²) in [6.45, 7) is 0. The summed E-state index contributed by atoms with van der Waals surface area (Å²) >= 11 is 1.39. The molecule has 104 valence electrons. The van der Waals surface area contributed by atoms with Gasteiger partial charge in [0, 0.05) is 23.5 Å². The van der Waals surface area contributed by atoms with E-state index in [9.17, 15) is 4.39 Å². The smallest absolute Gasteiger partial charge is 0.192 e. The van der Waals surface area contributed by atoms with E-state index in [1.165, 1.54) is 23.9 Å². The van der Waals surface area contributed by atoms with Crippen LogP contribution >= 0.6 is 11.8 Å². The van der Waals surface area contributed by atoms with Gasteiger partial charge in [-0.2, -0.15) is 0 Å². The summed E-state index contributed by atoms with van der Waals surface area (Å²) in [6, 6.07) is 9.41. The average Bonchev–Trinajstić information content (AvgIpc) is 2.51. The van der Waals surface area contributed by atoms with Crippen LogP contribution < -0.4 is 4.74 Å². The molecular weight excluding hydrogens is 289 g/mol. The van der Waals surface area contributed by atoms with Crippen LogP contribution in [0.4, 0.5) is 4.39 Å². The maximum absolute atomic E-state index is 12.8. The molecule has 0 aliphatic carbocycles. The van der Waals surface area contributed by atoms with E-state index in [1.54, 1.807) is 43.0 Å². The summed E-state index contributed by atoms with van der Waals surface area (Å²) < 4.78 is 18.5. The predicted octanol–water partition coefficient (Wildman–Crippen LogP) is 3.95. The molecule has 3 aromatic rings. The van der Waals surface area contributed by atoms with Gasteiger partial charge in [-0.1, -0.05) is 0 Å². The summed E-state index contributed by atoms with van der Waals surface area (Å²) in [5, 5.41) is 0.637. The fraction of sp³-hybridized carbons (Fsp3) is 0. The van der Waals surface area contributed by atoms with E-state index in [0.29, 0.717) is 16.7 Å². The monoisotopic (exact) mass is 299 g/mol. The molecule has 0 spiro atoms. The second-order valence-corrected chi connectivity index (χ2v) is 5.09. The Morgan fingerprint density at radius 3 is 2.48 bits per heavy atom. The van der Waals surface area contributed by atoms with E-state index in [1.807, 2.05) is 6.07 Å². The van der Waals surface area contributed by atoms with Gasteiger partial charge in [0.2, 0.25) is 0 Å². The van der Waals surface area contributed by atoms with E-state index >= 15 is 0 Å². The van der Waals surface area contributed by atoms with Crippen molar-refractivity contribution in [1.29, 1.82) is 0 Å². The molecule has 2 aromatic heterocycles. The van der Waals surface area contributed by atoms with Gasteiger partial charge >= 0.3 is 0 Å². The molecule has 0 amide bonds. The van der Waals surface area contributed by atoms with Gasteiger partial charge < -0.3 is 4.74 Å². The number of aromatic nitrogens is 3. The maximum atomic E-state index is 12.8. The number of hydrogen-bond donors (Lipinski definition) is 0. The molecule has 0 radical (unpaired) electrons. The van der Waals surface area contributed by atoms with Crippen LogP contribution in [-0.2, 0) is 0 Å². The van der Waals surface area contributed by atoms with Crippen molar-refractivity contribution in [2.75, 3.05) is 0 Å². The van der Waals surface area contributed by atoms with Gasteiger partial charge in [-0.3, -0.25) is 4.98 Å². The zero-order valence-corrected chi connectivity index (χ0v) is 11.6. The zero-order valence-electron chi connectivity index (χ0n) is 10.8. The van der Waals surface area contributed by atoms with Crippen LogP contribution in [0.1, 0.15) is 0 Å². The van der Waals surface area contributed by atoms with E-state index in [4.69, 9.17) is 4.74 Å². The third kappa shape index (κ3) is 3.76. The molecule has 6 heteroatoms. The Morgan fingerprint density at radius 1 is 0.952 bits per heavy atom. The van der Waals surface area contributed by atoms with Crippen LogP contribution in [-0.4, -0.2) is 15.0 Å². The summed E-state index contributed by atoms with van der Waals surface area (Å²) in [6.07, 6.45) is 6.67. The van der Waals surface area contributed by atoms with Crippen LogP contribution in [0.5, 0.6) is 11.5 Å². The van der Waals surface area contributed by atoms with E-state index in [2.05, 4.69) is 15.0 Å². The van der Waals surface area contributed by atoms with Gasteiger partial charge in [-0.15, -0.1) is 0 Å².